The number of fused-ring (bicyclic) bond motifs is 9. The summed E-state index contributed by atoms with van der Waals surface area (Å²) in [6.45, 7) is 12.7. The lowest BCUT2D eigenvalue weighted by Crippen LogP contribution is -2.14. The van der Waals surface area contributed by atoms with Gasteiger partial charge in [-0.15, -0.1) is 0 Å². The highest BCUT2D eigenvalue weighted by molar-refractivity contribution is 6.28. The zero-order valence-electron chi connectivity index (χ0n) is 28.8. The van der Waals surface area contributed by atoms with Gasteiger partial charge in [0, 0.05) is 22.1 Å². The Morgan fingerprint density at radius 3 is 1.94 bits per heavy atom. The predicted molar refractivity (Wildman–Crippen MR) is 217 cm³/mol. The van der Waals surface area contributed by atoms with E-state index in [1.807, 2.05) is 24.3 Å². The first-order valence-corrected chi connectivity index (χ1v) is 17.5. The van der Waals surface area contributed by atoms with Crippen LogP contribution in [0, 0.1) is 0 Å². The molecule has 0 N–H and O–H groups in total. The minimum absolute atomic E-state index is 0.0286. The molecule has 1 aliphatic carbocycles. The summed E-state index contributed by atoms with van der Waals surface area (Å²) in [4.78, 5) is 10.2. The molecule has 0 spiro atoms. The Labute approximate surface area is 298 Å². The van der Waals surface area contributed by atoms with Crippen LogP contribution in [0.3, 0.4) is 0 Å². The minimum atomic E-state index is -0.0286. The van der Waals surface area contributed by atoms with Crippen LogP contribution in [0.1, 0.15) is 30.8 Å². The molecule has 0 radical (unpaired) electrons. The fraction of sp³-hybridized carbons (Fsp3) is 0.0612. The van der Waals surface area contributed by atoms with Crippen molar-refractivity contribution in [1.29, 1.82) is 0 Å². The highest BCUT2D eigenvalue weighted by Gasteiger charge is 2.35. The molecule has 0 amide bonds. The van der Waals surface area contributed by atoms with E-state index in [1.54, 1.807) is 12.2 Å². The lowest BCUT2D eigenvalue weighted by atomic mass is 9.82. The summed E-state index contributed by atoms with van der Waals surface area (Å²) in [5.41, 5.74) is 12.4. The molecule has 0 saturated heterocycles. The monoisotopic (exact) mass is 652 g/mol. The summed E-state index contributed by atoms with van der Waals surface area (Å²) >= 11 is 0. The largest absolute Gasteiger partial charge is 0.228 e. The molecular formula is C49H36N2. The van der Waals surface area contributed by atoms with Gasteiger partial charge in [0.1, 0.15) is 0 Å². The van der Waals surface area contributed by atoms with Crippen molar-refractivity contribution in [2.24, 2.45) is 0 Å². The van der Waals surface area contributed by atoms with Crippen LogP contribution >= 0.6 is 0 Å². The van der Waals surface area contributed by atoms with Gasteiger partial charge in [0.25, 0.3) is 0 Å². The molecule has 2 heteroatoms. The van der Waals surface area contributed by atoms with Crippen LogP contribution in [-0.2, 0) is 5.41 Å². The van der Waals surface area contributed by atoms with Gasteiger partial charge in [-0.2, -0.15) is 0 Å². The van der Waals surface area contributed by atoms with E-state index in [0.717, 1.165) is 28.1 Å². The second-order valence-electron chi connectivity index (χ2n) is 13.9. The van der Waals surface area contributed by atoms with Crippen LogP contribution in [0.5, 0.6) is 0 Å². The van der Waals surface area contributed by atoms with Gasteiger partial charge in [0.05, 0.1) is 11.4 Å². The number of aromatic nitrogens is 2. The minimum Gasteiger partial charge on any atom is -0.228 e. The van der Waals surface area contributed by atoms with Crippen molar-refractivity contribution in [2.45, 2.75) is 19.3 Å². The Morgan fingerprint density at radius 1 is 0.510 bits per heavy atom. The molecule has 51 heavy (non-hydrogen) atoms. The maximum absolute atomic E-state index is 5.21. The summed E-state index contributed by atoms with van der Waals surface area (Å²) in [7, 11) is 0. The van der Waals surface area contributed by atoms with Crippen LogP contribution in [0.2, 0.25) is 0 Å². The maximum atomic E-state index is 5.21. The van der Waals surface area contributed by atoms with Gasteiger partial charge in [-0.1, -0.05) is 167 Å². The Kier molecular flexibility index (Phi) is 7.15. The molecule has 1 aliphatic rings. The molecule has 0 saturated carbocycles. The van der Waals surface area contributed by atoms with Gasteiger partial charge in [-0.05, 0) is 83.9 Å². The normalized spacial score (nSPS) is 13.3. The first-order chi connectivity index (χ1) is 25.0. The van der Waals surface area contributed by atoms with Crippen molar-refractivity contribution >= 4 is 37.9 Å². The van der Waals surface area contributed by atoms with Crippen molar-refractivity contribution < 1.29 is 0 Å². The molecule has 242 valence electrons. The molecule has 1 aromatic heterocycles. The average Bonchev–Trinajstić information content (AvgIpc) is 3.42. The van der Waals surface area contributed by atoms with Crippen molar-refractivity contribution in [3.8, 4) is 44.8 Å². The third-order valence-corrected chi connectivity index (χ3v) is 10.6. The third kappa shape index (κ3) is 4.87. The lowest BCUT2D eigenvalue weighted by Gasteiger charge is -2.21. The molecule has 2 nitrogen and oxygen atoms in total. The molecular weight excluding hydrogens is 617 g/mol. The average molecular weight is 653 g/mol. The van der Waals surface area contributed by atoms with Crippen molar-refractivity contribution in [2.75, 3.05) is 0 Å². The molecule has 7 aromatic carbocycles. The Balaban J connectivity index is 1.33. The van der Waals surface area contributed by atoms with Gasteiger partial charge in [-0.25, -0.2) is 9.97 Å². The smallest absolute Gasteiger partial charge is 0.160 e. The molecule has 9 rings (SSSR count). The topological polar surface area (TPSA) is 25.8 Å². The van der Waals surface area contributed by atoms with E-state index in [0.29, 0.717) is 5.82 Å². The number of hydrogen-bond acceptors (Lipinski definition) is 2. The van der Waals surface area contributed by atoms with E-state index in [2.05, 4.69) is 148 Å². The number of rotatable bonds is 6. The zero-order chi connectivity index (χ0) is 34.7. The molecule has 0 aliphatic heterocycles. The Bertz CT molecular complexity index is 2750. The second kappa shape index (κ2) is 11.9. The summed E-state index contributed by atoms with van der Waals surface area (Å²) in [5.74, 6) is 0.616. The van der Waals surface area contributed by atoms with Gasteiger partial charge >= 0.3 is 0 Å². The van der Waals surface area contributed by atoms with Gasteiger partial charge in [-0.3, -0.25) is 0 Å². The van der Waals surface area contributed by atoms with Gasteiger partial charge < -0.3 is 0 Å². The highest BCUT2D eigenvalue weighted by Crippen LogP contribution is 2.50. The zero-order valence-corrected chi connectivity index (χ0v) is 28.8. The first-order valence-electron chi connectivity index (χ1n) is 17.5. The van der Waals surface area contributed by atoms with E-state index >= 15 is 0 Å². The van der Waals surface area contributed by atoms with E-state index in [4.69, 9.17) is 9.97 Å². The van der Waals surface area contributed by atoms with Gasteiger partial charge in [0.15, 0.2) is 5.82 Å². The second-order valence-corrected chi connectivity index (χ2v) is 13.9. The van der Waals surface area contributed by atoms with E-state index in [-0.39, 0.29) is 5.41 Å². The molecule has 0 unspecified atom stereocenters. The summed E-state index contributed by atoms with van der Waals surface area (Å²) in [6.07, 6.45) is 5.46. The molecule has 0 atom stereocenters. The van der Waals surface area contributed by atoms with E-state index in [1.165, 1.54) is 65.7 Å². The Hall–Kier alpha value is -6.38. The van der Waals surface area contributed by atoms with E-state index < -0.39 is 0 Å². The van der Waals surface area contributed by atoms with Crippen LogP contribution in [0.15, 0.2) is 171 Å². The predicted octanol–water partition coefficient (Wildman–Crippen LogP) is 13.0. The number of allylic oxidation sites excluding steroid dienone is 4. The lowest BCUT2D eigenvalue weighted by molar-refractivity contribution is 0.660. The molecule has 0 fully saturated rings. The summed E-state index contributed by atoms with van der Waals surface area (Å²) in [6, 6.07) is 50.6. The fourth-order valence-corrected chi connectivity index (χ4v) is 8.13. The van der Waals surface area contributed by atoms with Crippen LogP contribution < -0.4 is 0 Å². The number of hydrogen-bond donors (Lipinski definition) is 0. The number of nitrogens with zero attached hydrogens (tertiary/aromatic N) is 2. The Morgan fingerprint density at radius 2 is 1.14 bits per heavy atom. The molecule has 0 bridgehead atoms. The van der Waals surface area contributed by atoms with Crippen molar-refractivity contribution in [3.63, 3.8) is 0 Å². The first kappa shape index (κ1) is 30.7. The summed E-state index contributed by atoms with van der Waals surface area (Å²) in [5, 5.41) is 7.26. The van der Waals surface area contributed by atoms with E-state index in [9.17, 15) is 0 Å². The standard InChI is InChI=1S/C49H36N2/c1-5-15-31(6-2)48-50-45(32-16-8-7-9-17-32)30-46(51-48)40-22-14-21-39-36-19-11-10-18-35(36)37-26-24-33(29-42(37)47(39)40)34-25-27-44-41(28-34)38-20-12-13-23-43(38)49(44,3)4/h5-30H,1-2H2,3-4H3/b31-15+. The summed E-state index contributed by atoms with van der Waals surface area (Å²) < 4.78 is 0. The highest BCUT2D eigenvalue weighted by atomic mass is 14.9. The fourth-order valence-electron chi connectivity index (χ4n) is 8.13. The van der Waals surface area contributed by atoms with Crippen molar-refractivity contribution in [1.82, 2.24) is 9.97 Å². The van der Waals surface area contributed by atoms with Gasteiger partial charge in [0.2, 0.25) is 0 Å². The molecule has 1 heterocycles. The van der Waals surface area contributed by atoms with Crippen LogP contribution in [0.4, 0.5) is 0 Å². The van der Waals surface area contributed by atoms with Crippen molar-refractivity contribution in [3.05, 3.63) is 188 Å². The number of benzene rings is 7. The third-order valence-electron chi connectivity index (χ3n) is 10.6. The SMILES string of the molecule is C=C/C=C(\C=C)c1nc(-c2ccccc2)cc(-c2cccc3c4ccccc4c4ccc(-c5ccc6c(c5)-c5ccccc5C6(C)C)cc4c23)n1. The maximum Gasteiger partial charge on any atom is 0.160 e. The van der Waals surface area contributed by atoms with Crippen LogP contribution in [-0.4, -0.2) is 9.97 Å². The van der Waals surface area contributed by atoms with Crippen LogP contribution in [0.25, 0.3) is 82.7 Å². The molecule has 8 aromatic rings. The quantitative estimate of drug-likeness (QED) is 0.132.